The van der Waals surface area contributed by atoms with Crippen molar-refractivity contribution in [1.29, 1.82) is 0 Å². The van der Waals surface area contributed by atoms with Crippen LogP contribution in [0.15, 0.2) is 35.0 Å². The van der Waals surface area contributed by atoms with E-state index in [2.05, 4.69) is 26.2 Å². The predicted octanol–water partition coefficient (Wildman–Crippen LogP) is 2.35. The minimum absolute atomic E-state index is 0.108. The number of nitrogens with zero attached hydrogens (tertiary/aromatic N) is 2. The van der Waals surface area contributed by atoms with E-state index in [9.17, 15) is 9.59 Å². The lowest BCUT2D eigenvalue weighted by molar-refractivity contribution is -0.127. The highest BCUT2D eigenvalue weighted by Crippen LogP contribution is 2.11. The zero-order valence-corrected chi connectivity index (χ0v) is 12.6. The van der Waals surface area contributed by atoms with Gasteiger partial charge in [-0.25, -0.2) is 4.98 Å². The Morgan fingerprint density at radius 1 is 1.20 bits per heavy atom. The van der Waals surface area contributed by atoms with Gasteiger partial charge in [-0.05, 0) is 47.3 Å². The standard InChI is InChI=1S/C14H16BrN3O2/c15-11-4-5-12(16-10-11)17-13(19)6-7-14(20)18-8-2-1-3-9-18/h4-7,10H,1-3,8-9H2,(H,16,17,19)/b7-6-. The number of carbonyl (C=O) groups excluding carboxylic acids is 2. The van der Waals surface area contributed by atoms with Crippen LogP contribution in [-0.2, 0) is 9.59 Å². The summed E-state index contributed by atoms with van der Waals surface area (Å²) < 4.78 is 0.839. The number of aromatic nitrogens is 1. The Labute approximate surface area is 126 Å². The van der Waals surface area contributed by atoms with E-state index in [0.717, 1.165) is 30.4 Å². The number of carbonyl (C=O) groups is 2. The highest BCUT2D eigenvalue weighted by Gasteiger charge is 2.13. The predicted molar refractivity (Wildman–Crippen MR) is 80.1 cm³/mol. The third kappa shape index (κ3) is 4.45. The van der Waals surface area contributed by atoms with Crippen molar-refractivity contribution in [1.82, 2.24) is 9.88 Å². The maximum atomic E-state index is 11.8. The van der Waals surface area contributed by atoms with E-state index in [0.29, 0.717) is 5.82 Å². The van der Waals surface area contributed by atoms with Gasteiger partial charge in [0.15, 0.2) is 0 Å². The number of rotatable bonds is 3. The number of pyridine rings is 1. The third-order valence-electron chi connectivity index (χ3n) is 3.02. The summed E-state index contributed by atoms with van der Waals surface area (Å²) >= 11 is 3.27. The molecular formula is C14H16BrN3O2. The Morgan fingerprint density at radius 2 is 1.95 bits per heavy atom. The molecule has 1 saturated heterocycles. The molecule has 0 atom stereocenters. The van der Waals surface area contributed by atoms with Gasteiger partial charge < -0.3 is 10.2 Å². The number of amides is 2. The molecule has 2 amide bonds. The normalized spacial score (nSPS) is 15.3. The van der Waals surface area contributed by atoms with Crippen LogP contribution in [0.1, 0.15) is 19.3 Å². The molecule has 0 saturated carbocycles. The van der Waals surface area contributed by atoms with Crippen LogP contribution in [0, 0.1) is 0 Å². The number of halogens is 1. The van der Waals surface area contributed by atoms with Crippen LogP contribution in [0.2, 0.25) is 0 Å². The van der Waals surface area contributed by atoms with Gasteiger partial charge in [-0.15, -0.1) is 0 Å². The molecule has 0 aromatic carbocycles. The van der Waals surface area contributed by atoms with Gasteiger partial charge in [0.25, 0.3) is 0 Å². The largest absolute Gasteiger partial charge is 0.339 e. The molecule has 0 bridgehead atoms. The zero-order valence-electron chi connectivity index (χ0n) is 11.0. The zero-order chi connectivity index (χ0) is 14.4. The molecule has 1 fully saturated rings. The van der Waals surface area contributed by atoms with Crippen molar-refractivity contribution in [2.24, 2.45) is 0 Å². The number of piperidine rings is 1. The molecule has 0 unspecified atom stereocenters. The molecule has 106 valence electrons. The fourth-order valence-corrected chi connectivity index (χ4v) is 2.22. The van der Waals surface area contributed by atoms with Gasteiger partial charge in [0.2, 0.25) is 11.8 Å². The lowest BCUT2D eigenvalue weighted by atomic mass is 10.1. The Kier molecular flexibility index (Phi) is 5.29. The van der Waals surface area contributed by atoms with Crippen LogP contribution in [-0.4, -0.2) is 34.8 Å². The van der Waals surface area contributed by atoms with E-state index in [1.807, 2.05) is 0 Å². The molecule has 20 heavy (non-hydrogen) atoms. The minimum atomic E-state index is -0.356. The SMILES string of the molecule is O=C(/C=C\C(=O)N1CCCCC1)Nc1ccc(Br)cn1. The van der Waals surface area contributed by atoms with Crippen molar-refractivity contribution < 1.29 is 9.59 Å². The molecular weight excluding hydrogens is 322 g/mol. The molecule has 0 aliphatic carbocycles. The number of likely N-dealkylation sites (tertiary alicyclic amines) is 1. The van der Waals surface area contributed by atoms with Gasteiger partial charge >= 0.3 is 0 Å². The first-order valence-corrected chi connectivity index (χ1v) is 7.34. The topological polar surface area (TPSA) is 62.3 Å². The molecule has 1 aliphatic heterocycles. The lowest BCUT2D eigenvalue weighted by Crippen LogP contribution is -2.34. The second-order valence-corrected chi connectivity index (χ2v) is 5.49. The summed E-state index contributed by atoms with van der Waals surface area (Å²) in [7, 11) is 0. The van der Waals surface area contributed by atoms with Crippen molar-refractivity contribution in [3.8, 4) is 0 Å². The van der Waals surface area contributed by atoms with Gasteiger partial charge in [-0.2, -0.15) is 0 Å². The Bertz CT molecular complexity index is 508. The molecule has 1 aliphatic rings. The van der Waals surface area contributed by atoms with Crippen molar-refractivity contribution >= 4 is 33.6 Å². The van der Waals surface area contributed by atoms with Gasteiger partial charge in [-0.1, -0.05) is 0 Å². The van der Waals surface area contributed by atoms with Gasteiger partial charge in [0.1, 0.15) is 5.82 Å². The number of hydrogen-bond acceptors (Lipinski definition) is 3. The molecule has 5 nitrogen and oxygen atoms in total. The van der Waals surface area contributed by atoms with E-state index in [4.69, 9.17) is 0 Å². The van der Waals surface area contributed by atoms with E-state index in [-0.39, 0.29) is 11.8 Å². The summed E-state index contributed by atoms with van der Waals surface area (Å²) in [5.74, 6) is -0.0120. The Hall–Kier alpha value is -1.69. The number of anilines is 1. The van der Waals surface area contributed by atoms with Gasteiger partial charge in [-0.3, -0.25) is 9.59 Å². The Balaban J connectivity index is 1.85. The monoisotopic (exact) mass is 337 g/mol. The maximum absolute atomic E-state index is 11.8. The summed E-state index contributed by atoms with van der Waals surface area (Å²) in [4.78, 5) is 29.3. The quantitative estimate of drug-likeness (QED) is 0.861. The average Bonchev–Trinajstić information content (AvgIpc) is 2.48. The van der Waals surface area contributed by atoms with Crippen LogP contribution < -0.4 is 5.32 Å². The smallest absolute Gasteiger partial charge is 0.249 e. The number of nitrogens with one attached hydrogen (secondary N) is 1. The van der Waals surface area contributed by atoms with E-state index in [1.54, 1.807) is 23.2 Å². The van der Waals surface area contributed by atoms with Crippen molar-refractivity contribution in [3.63, 3.8) is 0 Å². The lowest BCUT2D eigenvalue weighted by Gasteiger charge is -2.25. The van der Waals surface area contributed by atoms with Crippen molar-refractivity contribution in [2.45, 2.75) is 19.3 Å². The van der Waals surface area contributed by atoms with Crippen LogP contribution >= 0.6 is 15.9 Å². The molecule has 6 heteroatoms. The van der Waals surface area contributed by atoms with Crippen molar-refractivity contribution in [2.75, 3.05) is 18.4 Å². The highest BCUT2D eigenvalue weighted by atomic mass is 79.9. The molecule has 0 spiro atoms. The molecule has 2 heterocycles. The summed E-state index contributed by atoms with van der Waals surface area (Å²) in [6.45, 7) is 1.55. The summed E-state index contributed by atoms with van der Waals surface area (Å²) in [6, 6.07) is 3.47. The summed E-state index contributed by atoms with van der Waals surface area (Å²) in [6.07, 6.45) is 7.41. The van der Waals surface area contributed by atoms with Crippen LogP contribution in [0.5, 0.6) is 0 Å². The van der Waals surface area contributed by atoms with E-state index < -0.39 is 0 Å². The molecule has 1 aromatic heterocycles. The second-order valence-electron chi connectivity index (χ2n) is 4.57. The highest BCUT2D eigenvalue weighted by molar-refractivity contribution is 9.10. The Morgan fingerprint density at radius 3 is 2.60 bits per heavy atom. The molecule has 1 N–H and O–H groups in total. The van der Waals surface area contributed by atoms with E-state index >= 15 is 0 Å². The fourth-order valence-electron chi connectivity index (χ4n) is 1.98. The summed E-state index contributed by atoms with van der Waals surface area (Å²) in [5, 5.41) is 2.60. The molecule has 1 aromatic rings. The van der Waals surface area contributed by atoms with Gasteiger partial charge in [0, 0.05) is 35.9 Å². The van der Waals surface area contributed by atoms with Gasteiger partial charge in [0.05, 0.1) is 0 Å². The van der Waals surface area contributed by atoms with E-state index in [1.165, 1.54) is 18.6 Å². The van der Waals surface area contributed by atoms with Crippen LogP contribution in [0.25, 0.3) is 0 Å². The first-order chi connectivity index (χ1) is 9.65. The third-order valence-corrected chi connectivity index (χ3v) is 3.49. The summed E-state index contributed by atoms with van der Waals surface area (Å²) in [5.41, 5.74) is 0. The molecule has 2 rings (SSSR count). The fraction of sp³-hybridized carbons (Fsp3) is 0.357. The minimum Gasteiger partial charge on any atom is -0.339 e. The second kappa shape index (κ2) is 7.19. The van der Waals surface area contributed by atoms with Crippen LogP contribution in [0.3, 0.4) is 0 Å². The van der Waals surface area contributed by atoms with Crippen molar-refractivity contribution in [3.05, 3.63) is 35.0 Å². The van der Waals surface area contributed by atoms with Crippen LogP contribution in [0.4, 0.5) is 5.82 Å². The number of hydrogen-bond donors (Lipinski definition) is 1. The molecule has 0 radical (unpaired) electrons. The average molecular weight is 338 g/mol. The maximum Gasteiger partial charge on any atom is 0.249 e. The first-order valence-electron chi connectivity index (χ1n) is 6.55. The first kappa shape index (κ1) is 14.7.